The molecule has 1 aromatic carbocycles. The summed E-state index contributed by atoms with van der Waals surface area (Å²) in [5, 5.41) is 6.20. The van der Waals surface area contributed by atoms with Gasteiger partial charge in [0.15, 0.2) is 0 Å². The number of rotatable bonds is 3. The lowest BCUT2D eigenvalue weighted by Crippen LogP contribution is -2.51. The van der Waals surface area contributed by atoms with Gasteiger partial charge in [-0.25, -0.2) is 4.98 Å². The monoisotopic (exact) mass is 291 g/mol. The molecule has 0 aliphatic carbocycles. The highest BCUT2D eigenvalue weighted by Gasteiger charge is 2.39. The summed E-state index contributed by atoms with van der Waals surface area (Å²) in [6, 6.07) is 5.78. The van der Waals surface area contributed by atoms with Gasteiger partial charge in [-0.15, -0.1) is 11.3 Å². The lowest BCUT2D eigenvalue weighted by molar-refractivity contribution is -0.140. The number of nitrogens with one attached hydrogen (secondary N) is 2. The Balaban J connectivity index is 1.80. The van der Waals surface area contributed by atoms with Crippen LogP contribution in [0.1, 0.15) is 12.8 Å². The van der Waals surface area contributed by atoms with Crippen LogP contribution in [0.15, 0.2) is 23.7 Å². The van der Waals surface area contributed by atoms with Crippen molar-refractivity contribution in [2.24, 2.45) is 0 Å². The van der Waals surface area contributed by atoms with Gasteiger partial charge in [0.2, 0.25) is 0 Å². The molecule has 1 aliphatic rings. The molecule has 2 N–H and O–H groups in total. The van der Waals surface area contributed by atoms with E-state index in [0.29, 0.717) is 12.8 Å². The number of nitrogens with zero attached hydrogens (tertiary/aromatic N) is 1. The molecular weight excluding hydrogens is 274 g/mol. The number of thiazole rings is 1. The highest BCUT2D eigenvalue weighted by Crippen LogP contribution is 2.26. The number of carbonyl (C=O) groups is 1. The zero-order valence-corrected chi connectivity index (χ0v) is 12.1. The number of piperidine rings is 1. The van der Waals surface area contributed by atoms with Crippen molar-refractivity contribution >= 4 is 33.1 Å². The van der Waals surface area contributed by atoms with Gasteiger partial charge < -0.3 is 15.4 Å². The Morgan fingerprint density at radius 1 is 1.45 bits per heavy atom. The van der Waals surface area contributed by atoms with Crippen molar-refractivity contribution in [3.8, 4) is 0 Å². The minimum Gasteiger partial charge on any atom is -0.368 e. The van der Waals surface area contributed by atoms with Crippen molar-refractivity contribution in [2.75, 3.05) is 25.5 Å². The van der Waals surface area contributed by atoms with E-state index in [9.17, 15) is 4.79 Å². The van der Waals surface area contributed by atoms with Gasteiger partial charge >= 0.3 is 0 Å². The third kappa shape index (κ3) is 2.42. The van der Waals surface area contributed by atoms with Crippen molar-refractivity contribution in [1.29, 1.82) is 0 Å². The van der Waals surface area contributed by atoms with Crippen LogP contribution < -0.4 is 10.6 Å². The standard InChI is InChI=1S/C14H17N3O2S/c1-19-14(4-6-15-7-5-14)13(18)17-10-2-3-12-11(8-10)16-9-20-12/h2-3,8-9,15H,4-7H2,1H3,(H,17,18). The molecule has 20 heavy (non-hydrogen) atoms. The van der Waals surface area contributed by atoms with Crippen LogP contribution in [0.5, 0.6) is 0 Å². The number of methoxy groups -OCH3 is 1. The Morgan fingerprint density at radius 2 is 2.25 bits per heavy atom. The first-order valence-corrected chi connectivity index (χ1v) is 7.52. The fourth-order valence-corrected chi connectivity index (χ4v) is 3.19. The molecule has 2 heterocycles. The molecule has 5 nitrogen and oxygen atoms in total. The zero-order chi connectivity index (χ0) is 14.0. The molecule has 106 valence electrons. The molecule has 1 aromatic heterocycles. The van der Waals surface area contributed by atoms with E-state index in [0.717, 1.165) is 29.0 Å². The highest BCUT2D eigenvalue weighted by molar-refractivity contribution is 7.16. The summed E-state index contributed by atoms with van der Waals surface area (Å²) in [5.74, 6) is -0.0731. The summed E-state index contributed by atoms with van der Waals surface area (Å²) in [7, 11) is 1.61. The second kappa shape index (κ2) is 5.47. The normalized spacial score (nSPS) is 18.1. The van der Waals surface area contributed by atoms with Crippen molar-refractivity contribution in [3.63, 3.8) is 0 Å². The summed E-state index contributed by atoms with van der Waals surface area (Å²) >= 11 is 1.59. The molecule has 1 saturated heterocycles. The Kier molecular flexibility index (Phi) is 3.69. The topological polar surface area (TPSA) is 63.2 Å². The minimum atomic E-state index is -0.720. The Labute approximate surface area is 121 Å². The maximum Gasteiger partial charge on any atom is 0.256 e. The van der Waals surface area contributed by atoms with E-state index >= 15 is 0 Å². The fraction of sp³-hybridized carbons (Fsp3) is 0.429. The van der Waals surface area contributed by atoms with Gasteiger partial charge in [-0.2, -0.15) is 0 Å². The number of fused-ring (bicyclic) bond motifs is 1. The van der Waals surface area contributed by atoms with Gasteiger partial charge in [0.05, 0.1) is 15.7 Å². The van der Waals surface area contributed by atoms with Gasteiger partial charge in [-0.05, 0) is 44.1 Å². The quantitative estimate of drug-likeness (QED) is 0.908. The lowest BCUT2D eigenvalue weighted by Gasteiger charge is -2.34. The smallest absolute Gasteiger partial charge is 0.256 e. The van der Waals surface area contributed by atoms with Gasteiger partial charge in [-0.1, -0.05) is 0 Å². The molecule has 3 rings (SSSR count). The van der Waals surface area contributed by atoms with Crippen molar-refractivity contribution in [1.82, 2.24) is 10.3 Å². The first-order valence-electron chi connectivity index (χ1n) is 6.64. The van der Waals surface area contributed by atoms with Crippen LogP contribution >= 0.6 is 11.3 Å². The lowest BCUT2D eigenvalue weighted by atomic mass is 9.91. The molecule has 0 unspecified atom stereocenters. The number of hydrogen-bond donors (Lipinski definition) is 2. The molecule has 6 heteroatoms. The summed E-state index contributed by atoms with van der Waals surface area (Å²) in [6.07, 6.45) is 1.38. The molecule has 0 spiro atoms. The van der Waals surface area contributed by atoms with Gasteiger partial charge in [0.1, 0.15) is 5.60 Å². The van der Waals surface area contributed by atoms with E-state index in [4.69, 9.17) is 4.74 Å². The van der Waals surface area contributed by atoms with E-state index < -0.39 is 5.60 Å². The summed E-state index contributed by atoms with van der Waals surface area (Å²) < 4.78 is 6.64. The predicted molar refractivity (Wildman–Crippen MR) is 80.1 cm³/mol. The summed E-state index contributed by atoms with van der Waals surface area (Å²) in [5.41, 5.74) is 2.76. The van der Waals surface area contributed by atoms with Crippen molar-refractivity contribution < 1.29 is 9.53 Å². The third-order valence-electron chi connectivity index (χ3n) is 3.80. The first kappa shape index (κ1) is 13.5. The highest BCUT2D eigenvalue weighted by atomic mass is 32.1. The number of carbonyl (C=O) groups excluding carboxylic acids is 1. The van der Waals surface area contributed by atoms with Gasteiger partial charge in [-0.3, -0.25) is 4.79 Å². The van der Waals surface area contributed by atoms with E-state index in [1.54, 1.807) is 24.0 Å². The maximum absolute atomic E-state index is 12.5. The molecule has 1 aliphatic heterocycles. The van der Waals surface area contributed by atoms with Crippen LogP contribution in [-0.4, -0.2) is 36.7 Å². The van der Waals surface area contributed by atoms with E-state index in [-0.39, 0.29) is 5.91 Å². The number of hydrogen-bond acceptors (Lipinski definition) is 5. The number of ether oxygens (including phenoxy) is 1. The minimum absolute atomic E-state index is 0.0731. The maximum atomic E-state index is 12.5. The predicted octanol–water partition coefficient (Wildman–Crippen LogP) is 2.00. The molecular formula is C14H17N3O2S. The van der Waals surface area contributed by atoms with Crippen molar-refractivity contribution in [2.45, 2.75) is 18.4 Å². The van der Waals surface area contributed by atoms with E-state index in [1.165, 1.54) is 0 Å². The van der Waals surface area contributed by atoms with Crippen LogP contribution in [0, 0.1) is 0 Å². The zero-order valence-electron chi connectivity index (χ0n) is 11.3. The van der Waals surface area contributed by atoms with Crippen LogP contribution in [0.25, 0.3) is 10.2 Å². The fourth-order valence-electron chi connectivity index (χ4n) is 2.54. The van der Waals surface area contributed by atoms with Crippen LogP contribution in [0.4, 0.5) is 5.69 Å². The Hall–Kier alpha value is -1.50. The number of aromatic nitrogens is 1. The van der Waals surface area contributed by atoms with Gasteiger partial charge in [0, 0.05) is 12.8 Å². The van der Waals surface area contributed by atoms with Crippen LogP contribution in [0.2, 0.25) is 0 Å². The number of benzene rings is 1. The second-order valence-corrected chi connectivity index (χ2v) is 5.82. The second-order valence-electron chi connectivity index (χ2n) is 4.94. The van der Waals surface area contributed by atoms with E-state index in [2.05, 4.69) is 15.6 Å². The van der Waals surface area contributed by atoms with Crippen molar-refractivity contribution in [3.05, 3.63) is 23.7 Å². The molecule has 0 saturated carbocycles. The first-order chi connectivity index (χ1) is 9.73. The molecule has 0 atom stereocenters. The molecule has 1 fully saturated rings. The third-order valence-corrected chi connectivity index (χ3v) is 4.61. The SMILES string of the molecule is COC1(C(=O)Nc2ccc3scnc3c2)CCNCC1. The molecule has 1 amide bonds. The number of anilines is 1. The molecule has 0 radical (unpaired) electrons. The van der Waals surface area contributed by atoms with Gasteiger partial charge in [0.25, 0.3) is 5.91 Å². The Bertz CT molecular complexity index is 620. The molecule has 2 aromatic rings. The summed E-state index contributed by atoms with van der Waals surface area (Å²) in [4.78, 5) is 16.8. The summed E-state index contributed by atoms with van der Waals surface area (Å²) in [6.45, 7) is 1.60. The Morgan fingerprint density at radius 3 is 3.00 bits per heavy atom. The van der Waals surface area contributed by atoms with E-state index in [1.807, 2.05) is 18.2 Å². The largest absolute Gasteiger partial charge is 0.368 e. The van der Waals surface area contributed by atoms with Crippen LogP contribution in [0.3, 0.4) is 0 Å². The average molecular weight is 291 g/mol. The number of amides is 1. The average Bonchev–Trinajstić information content (AvgIpc) is 2.95. The molecule has 0 bridgehead atoms. The van der Waals surface area contributed by atoms with Crippen LogP contribution in [-0.2, 0) is 9.53 Å².